The fourth-order valence-corrected chi connectivity index (χ4v) is 6.28. The van der Waals surface area contributed by atoms with Gasteiger partial charge in [-0.15, -0.1) is 0 Å². The standard InChI is InChI=1S/C33H35N3O/c37-32(34-22-25-13-5-1-6-14-25)30-21-29(30)31-23-36(24-35-31)33(26-15-7-2-8-16-26,27-17-9-3-10-18-27)28-19-11-4-12-20-28/h2-4,7-12,15-20,23-25,29-30H,1,5-6,13-14,21-22H2,(H,34,37)/t29-,30-/m1/s1. The van der Waals surface area contributed by atoms with Crippen molar-refractivity contribution in [1.29, 1.82) is 0 Å². The summed E-state index contributed by atoms with van der Waals surface area (Å²) < 4.78 is 2.25. The molecule has 1 amide bonds. The van der Waals surface area contributed by atoms with Crippen LogP contribution in [0.2, 0.25) is 0 Å². The summed E-state index contributed by atoms with van der Waals surface area (Å²) in [5.74, 6) is 1.07. The number of imidazole rings is 1. The normalized spacial score (nSPS) is 19.9. The predicted molar refractivity (Wildman–Crippen MR) is 147 cm³/mol. The molecule has 4 aromatic rings. The van der Waals surface area contributed by atoms with Gasteiger partial charge < -0.3 is 9.88 Å². The SMILES string of the molecule is O=C(NCC1CCCCC1)[C@@H]1C[C@H]1c1cn(C(c2ccccc2)(c2ccccc2)c2ccccc2)cn1. The Balaban J connectivity index is 1.32. The first-order valence-electron chi connectivity index (χ1n) is 13.8. The number of benzene rings is 3. The molecular formula is C33H35N3O. The maximum absolute atomic E-state index is 13.0. The molecule has 0 saturated heterocycles. The molecule has 2 saturated carbocycles. The minimum absolute atomic E-state index is 0.0338. The van der Waals surface area contributed by atoms with Gasteiger partial charge in [0.15, 0.2) is 0 Å². The highest BCUT2D eigenvalue weighted by Gasteiger charge is 2.46. The molecule has 188 valence electrons. The third-order valence-corrected chi connectivity index (χ3v) is 8.36. The van der Waals surface area contributed by atoms with Crippen LogP contribution in [0.3, 0.4) is 0 Å². The van der Waals surface area contributed by atoms with Crippen molar-refractivity contribution in [3.8, 4) is 0 Å². The molecule has 2 fully saturated rings. The Kier molecular flexibility index (Phi) is 6.65. The lowest BCUT2D eigenvalue weighted by Gasteiger charge is -2.37. The highest BCUT2D eigenvalue weighted by molar-refractivity contribution is 5.82. The van der Waals surface area contributed by atoms with Gasteiger partial charge in [0.1, 0.15) is 5.54 Å². The van der Waals surface area contributed by atoms with E-state index in [1.165, 1.54) is 48.8 Å². The number of carbonyl (C=O) groups excluding carboxylic acids is 1. The lowest BCUT2D eigenvalue weighted by atomic mass is 9.77. The van der Waals surface area contributed by atoms with Gasteiger partial charge in [-0.25, -0.2) is 4.98 Å². The summed E-state index contributed by atoms with van der Waals surface area (Å²) in [7, 11) is 0. The molecule has 1 N–H and O–H groups in total. The van der Waals surface area contributed by atoms with Crippen molar-refractivity contribution in [3.63, 3.8) is 0 Å². The fraction of sp³-hybridized carbons (Fsp3) is 0.333. The fourth-order valence-electron chi connectivity index (χ4n) is 6.28. The molecule has 37 heavy (non-hydrogen) atoms. The van der Waals surface area contributed by atoms with E-state index in [9.17, 15) is 4.79 Å². The van der Waals surface area contributed by atoms with Crippen LogP contribution in [0.5, 0.6) is 0 Å². The van der Waals surface area contributed by atoms with Crippen molar-refractivity contribution in [1.82, 2.24) is 14.9 Å². The Bertz CT molecular complexity index is 1210. The van der Waals surface area contributed by atoms with E-state index in [2.05, 4.69) is 107 Å². The Morgan fingerprint density at radius 1 is 0.811 bits per heavy atom. The van der Waals surface area contributed by atoms with Gasteiger partial charge in [0.25, 0.3) is 0 Å². The Labute approximate surface area is 219 Å². The van der Waals surface area contributed by atoms with Crippen molar-refractivity contribution in [2.24, 2.45) is 11.8 Å². The first-order chi connectivity index (χ1) is 18.3. The van der Waals surface area contributed by atoms with Crippen LogP contribution in [0.4, 0.5) is 0 Å². The topological polar surface area (TPSA) is 46.9 Å². The predicted octanol–water partition coefficient (Wildman–Crippen LogP) is 6.52. The number of aromatic nitrogens is 2. The maximum atomic E-state index is 13.0. The van der Waals surface area contributed by atoms with E-state index in [1.807, 2.05) is 6.33 Å². The van der Waals surface area contributed by atoms with Crippen LogP contribution in [-0.4, -0.2) is 22.0 Å². The number of hydrogen-bond acceptors (Lipinski definition) is 2. The molecule has 0 unspecified atom stereocenters. The number of hydrogen-bond donors (Lipinski definition) is 1. The Morgan fingerprint density at radius 3 is 1.89 bits per heavy atom. The van der Waals surface area contributed by atoms with Crippen LogP contribution >= 0.6 is 0 Å². The summed E-state index contributed by atoms with van der Waals surface area (Å²) in [4.78, 5) is 17.8. The van der Waals surface area contributed by atoms with Crippen LogP contribution in [0.25, 0.3) is 0 Å². The zero-order valence-electron chi connectivity index (χ0n) is 21.3. The maximum Gasteiger partial charge on any atom is 0.223 e. The van der Waals surface area contributed by atoms with Gasteiger partial charge in [-0.05, 0) is 41.9 Å². The number of nitrogens with zero attached hydrogens (tertiary/aromatic N) is 2. The zero-order valence-corrected chi connectivity index (χ0v) is 21.3. The lowest BCUT2D eigenvalue weighted by molar-refractivity contribution is -0.122. The molecule has 4 heteroatoms. The van der Waals surface area contributed by atoms with Gasteiger partial charge in [-0.1, -0.05) is 110 Å². The van der Waals surface area contributed by atoms with Crippen LogP contribution in [0.1, 0.15) is 66.8 Å². The van der Waals surface area contributed by atoms with Crippen molar-refractivity contribution in [2.75, 3.05) is 6.54 Å². The Morgan fingerprint density at radius 2 is 1.35 bits per heavy atom. The third-order valence-electron chi connectivity index (χ3n) is 8.36. The quantitative estimate of drug-likeness (QED) is 0.286. The van der Waals surface area contributed by atoms with Crippen LogP contribution in [0.15, 0.2) is 104 Å². The minimum Gasteiger partial charge on any atom is -0.356 e. The van der Waals surface area contributed by atoms with Gasteiger partial charge in [-0.3, -0.25) is 4.79 Å². The van der Waals surface area contributed by atoms with Gasteiger partial charge in [0.05, 0.1) is 12.0 Å². The van der Waals surface area contributed by atoms with Crippen molar-refractivity contribution < 1.29 is 4.79 Å². The Hall–Kier alpha value is -3.66. The van der Waals surface area contributed by atoms with E-state index in [0.29, 0.717) is 5.92 Å². The molecule has 2 aliphatic carbocycles. The molecule has 2 aliphatic rings. The summed E-state index contributed by atoms with van der Waals surface area (Å²) in [6.07, 6.45) is 11.4. The molecule has 0 radical (unpaired) electrons. The van der Waals surface area contributed by atoms with Gasteiger partial charge in [-0.2, -0.15) is 0 Å². The summed E-state index contributed by atoms with van der Waals surface area (Å²) in [5.41, 5.74) is 3.96. The first-order valence-corrected chi connectivity index (χ1v) is 13.8. The number of carbonyl (C=O) groups is 1. The monoisotopic (exact) mass is 489 g/mol. The van der Waals surface area contributed by atoms with Gasteiger partial charge >= 0.3 is 0 Å². The van der Waals surface area contributed by atoms with Crippen LogP contribution in [0, 0.1) is 11.8 Å². The molecule has 1 aromatic heterocycles. The lowest BCUT2D eigenvalue weighted by Crippen LogP contribution is -2.36. The molecule has 2 atom stereocenters. The van der Waals surface area contributed by atoms with Gasteiger partial charge in [0, 0.05) is 24.6 Å². The van der Waals surface area contributed by atoms with Crippen molar-refractivity contribution in [3.05, 3.63) is 126 Å². The number of amides is 1. The average molecular weight is 490 g/mol. The third kappa shape index (κ3) is 4.61. The molecule has 4 nitrogen and oxygen atoms in total. The second kappa shape index (κ2) is 10.4. The molecule has 3 aromatic carbocycles. The second-order valence-corrected chi connectivity index (χ2v) is 10.7. The molecule has 6 rings (SSSR count). The van der Waals surface area contributed by atoms with Crippen molar-refractivity contribution >= 4 is 5.91 Å². The van der Waals surface area contributed by atoms with E-state index in [4.69, 9.17) is 4.98 Å². The van der Waals surface area contributed by atoms with Crippen molar-refractivity contribution in [2.45, 2.75) is 50.0 Å². The smallest absolute Gasteiger partial charge is 0.223 e. The highest BCUT2D eigenvalue weighted by Crippen LogP contribution is 2.48. The zero-order chi connectivity index (χ0) is 25.1. The molecule has 0 aliphatic heterocycles. The van der Waals surface area contributed by atoms with E-state index in [1.54, 1.807) is 0 Å². The van der Waals surface area contributed by atoms with E-state index >= 15 is 0 Å². The largest absolute Gasteiger partial charge is 0.356 e. The summed E-state index contributed by atoms with van der Waals surface area (Å²) in [5, 5.41) is 3.26. The second-order valence-electron chi connectivity index (χ2n) is 10.7. The van der Waals surface area contributed by atoms with Crippen LogP contribution < -0.4 is 5.32 Å². The average Bonchev–Trinajstić information content (AvgIpc) is 3.63. The summed E-state index contributed by atoms with van der Waals surface area (Å²) >= 11 is 0. The minimum atomic E-state index is -0.567. The molecule has 0 spiro atoms. The van der Waals surface area contributed by atoms with Gasteiger partial charge in [0.2, 0.25) is 5.91 Å². The van der Waals surface area contributed by atoms with E-state index < -0.39 is 5.54 Å². The van der Waals surface area contributed by atoms with Crippen LogP contribution in [-0.2, 0) is 10.3 Å². The first kappa shape index (κ1) is 23.7. The summed E-state index contributed by atoms with van der Waals surface area (Å²) in [6.45, 7) is 0.829. The number of rotatable bonds is 8. The summed E-state index contributed by atoms with van der Waals surface area (Å²) in [6, 6.07) is 31.9. The molecular weight excluding hydrogens is 454 g/mol. The highest BCUT2D eigenvalue weighted by atomic mass is 16.2. The van der Waals surface area contributed by atoms with E-state index in [0.717, 1.165) is 18.7 Å². The number of nitrogens with one attached hydrogen (secondary N) is 1. The molecule has 0 bridgehead atoms. The molecule has 1 heterocycles. The van der Waals surface area contributed by atoms with E-state index in [-0.39, 0.29) is 17.7 Å².